The van der Waals surface area contributed by atoms with Crippen molar-refractivity contribution in [1.29, 1.82) is 0 Å². The summed E-state index contributed by atoms with van der Waals surface area (Å²) < 4.78 is 51.1. The minimum absolute atomic E-state index is 0.298. The number of thiophene rings is 1. The van der Waals surface area contributed by atoms with Crippen LogP contribution in [0.5, 0.6) is 11.5 Å². The van der Waals surface area contributed by atoms with Gasteiger partial charge in [-0.05, 0) is 69.2 Å². The number of para-hydroxylation sites is 1. The second kappa shape index (κ2) is 13.6. The van der Waals surface area contributed by atoms with E-state index in [0.717, 1.165) is 21.4 Å². The predicted molar refractivity (Wildman–Crippen MR) is 150 cm³/mol. The maximum absolute atomic E-state index is 13.6. The van der Waals surface area contributed by atoms with Crippen molar-refractivity contribution in [3.8, 4) is 11.5 Å². The van der Waals surface area contributed by atoms with Crippen molar-refractivity contribution in [3.05, 3.63) is 75.5 Å². The van der Waals surface area contributed by atoms with Crippen LogP contribution in [0.1, 0.15) is 34.7 Å². The van der Waals surface area contributed by atoms with Gasteiger partial charge >= 0.3 is 12.2 Å². The van der Waals surface area contributed by atoms with Crippen molar-refractivity contribution < 1.29 is 32.2 Å². The highest BCUT2D eigenvalue weighted by Crippen LogP contribution is 2.34. The van der Waals surface area contributed by atoms with E-state index in [-0.39, 0.29) is 18.1 Å². The number of rotatable bonds is 11. The first kappa shape index (κ1) is 30.8. The molecule has 3 rings (SSSR count). The van der Waals surface area contributed by atoms with E-state index >= 15 is 0 Å². The molecule has 1 heterocycles. The number of carbonyl (C=O) groups is 2. The Kier molecular flexibility index (Phi) is 10.4. The molecule has 0 bridgehead atoms. The first-order chi connectivity index (χ1) is 18.9. The molecule has 2 aromatic carbocycles. The van der Waals surface area contributed by atoms with Crippen LogP contribution >= 0.6 is 11.3 Å². The lowest BCUT2D eigenvalue weighted by Gasteiger charge is -2.30. The number of nitrogens with one attached hydrogen (secondary N) is 1. The van der Waals surface area contributed by atoms with Gasteiger partial charge in [0.05, 0.1) is 32.0 Å². The van der Waals surface area contributed by atoms with Crippen molar-refractivity contribution in [1.82, 2.24) is 9.80 Å². The molecule has 0 aliphatic carbocycles. The number of urea groups is 1. The molecule has 40 heavy (non-hydrogen) atoms. The number of methoxy groups -OCH3 is 2. The number of benzene rings is 2. The third kappa shape index (κ3) is 8.14. The molecule has 0 atom stereocenters. The third-order valence-corrected chi connectivity index (χ3v) is 7.26. The van der Waals surface area contributed by atoms with Gasteiger partial charge in [-0.2, -0.15) is 13.2 Å². The van der Waals surface area contributed by atoms with E-state index < -0.39 is 23.8 Å². The number of aryl methyl sites for hydroxylation is 1. The number of anilines is 1. The molecule has 0 saturated heterocycles. The van der Waals surface area contributed by atoms with Crippen LogP contribution in [0.25, 0.3) is 0 Å². The zero-order valence-corrected chi connectivity index (χ0v) is 24.0. The lowest BCUT2D eigenvalue weighted by atomic mass is 10.1. The van der Waals surface area contributed by atoms with E-state index in [1.807, 2.05) is 31.2 Å². The summed E-state index contributed by atoms with van der Waals surface area (Å²) in [6, 6.07) is 13.0. The summed E-state index contributed by atoms with van der Waals surface area (Å²) in [5, 5.41) is 2.35. The van der Waals surface area contributed by atoms with Gasteiger partial charge in [-0.1, -0.05) is 18.2 Å². The number of amides is 3. The molecule has 0 saturated carbocycles. The minimum atomic E-state index is -4.64. The fraction of sp³-hybridized carbons (Fsp3) is 0.379. The highest BCUT2D eigenvalue weighted by atomic mass is 32.1. The van der Waals surface area contributed by atoms with Crippen LogP contribution in [0, 0.1) is 6.92 Å². The molecule has 11 heteroatoms. The van der Waals surface area contributed by atoms with Gasteiger partial charge in [-0.25, -0.2) is 4.79 Å². The number of carbonyl (C=O) groups excluding carboxylic acids is 2. The number of halogens is 3. The van der Waals surface area contributed by atoms with E-state index in [0.29, 0.717) is 31.0 Å². The largest absolute Gasteiger partial charge is 0.493 e. The molecule has 1 aromatic heterocycles. The molecule has 0 unspecified atom stereocenters. The quantitative estimate of drug-likeness (QED) is 0.279. The molecule has 0 fully saturated rings. The van der Waals surface area contributed by atoms with Crippen molar-refractivity contribution in [2.45, 2.75) is 46.0 Å². The van der Waals surface area contributed by atoms with Gasteiger partial charge < -0.3 is 24.6 Å². The molecule has 7 nitrogen and oxygen atoms in total. The maximum atomic E-state index is 13.6. The highest BCUT2D eigenvalue weighted by molar-refractivity contribution is 7.11. The number of alkyl halides is 3. The van der Waals surface area contributed by atoms with Gasteiger partial charge in [0.2, 0.25) is 5.91 Å². The normalized spacial score (nSPS) is 11.3. The van der Waals surface area contributed by atoms with Crippen LogP contribution in [-0.2, 0) is 23.9 Å². The van der Waals surface area contributed by atoms with E-state index in [1.165, 1.54) is 23.1 Å². The minimum Gasteiger partial charge on any atom is -0.493 e. The molecule has 0 radical (unpaired) electrons. The first-order valence-corrected chi connectivity index (χ1v) is 13.5. The summed E-state index contributed by atoms with van der Waals surface area (Å²) in [5.41, 5.74) is -0.388. The van der Waals surface area contributed by atoms with Crippen LogP contribution in [0.3, 0.4) is 0 Å². The van der Waals surface area contributed by atoms with Gasteiger partial charge in [-0.3, -0.25) is 4.79 Å². The third-order valence-electron chi connectivity index (χ3n) is 6.28. The Labute approximate surface area is 236 Å². The summed E-state index contributed by atoms with van der Waals surface area (Å²) >= 11 is 1.57. The summed E-state index contributed by atoms with van der Waals surface area (Å²) in [4.78, 5) is 31.7. The van der Waals surface area contributed by atoms with Crippen LogP contribution in [0.4, 0.5) is 23.7 Å². The van der Waals surface area contributed by atoms with Crippen LogP contribution in [0.15, 0.2) is 54.6 Å². The van der Waals surface area contributed by atoms with E-state index in [9.17, 15) is 22.8 Å². The number of hydrogen-bond acceptors (Lipinski definition) is 5. The lowest BCUT2D eigenvalue weighted by molar-refractivity contribution is -0.137. The first-order valence-electron chi connectivity index (χ1n) is 12.7. The number of hydrogen-bond donors (Lipinski definition) is 1. The van der Waals surface area contributed by atoms with Crippen LogP contribution in [0.2, 0.25) is 0 Å². The number of nitrogens with zero attached hydrogens (tertiary/aromatic N) is 2. The Hall–Kier alpha value is -3.73. The summed E-state index contributed by atoms with van der Waals surface area (Å²) in [5.74, 6) is 0.854. The lowest BCUT2D eigenvalue weighted by Crippen LogP contribution is -2.47. The van der Waals surface area contributed by atoms with Crippen molar-refractivity contribution in [2.24, 2.45) is 0 Å². The summed E-state index contributed by atoms with van der Waals surface area (Å²) in [6.07, 6.45) is -4.12. The summed E-state index contributed by atoms with van der Waals surface area (Å²) in [7, 11) is 3.11. The topological polar surface area (TPSA) is 71.1 Å². The van der Waals surface area contributed by atoms with Crippen molar-refractivity contribution >= 4 is 29.0 Å². The Bertz CT molecular complexity index is 1310. The Morgan fingerprint density at radius 3 is 2.30 bits per heavy atom. The van der Waals surface area contributed by atoms with Gasteiger partial charge in [0, 0.05) is 22.3 Å². The number of ether oxygens (including phenoxy) is 2. The molecule has 3 amide bonds. The SMILES string of the molecule is COc1ccc(CCN(Cc2ccc(C)s2)C(=O)CN(C(=O)Nc2ccccc2C(F)(F)F)C(C)C)cc1OC. The van der Waals surface area contributed by atoms with Crippen molar-refractivity contribution in [2.75, 3.05) is 32.6 Å². The maximum Gasteiger partial charge on any atom is 0.418 e. The molecule has 0 aliphatic heterocycles. The highest BCUT2D eigenvalue weighted by Gasteiger charge is 2.34. The van der Waals surface area contributed by atoms with Crippen molar-refractivity contribution in [3.63, 3.8) is 0 Å². The molecular formula is C29H34F3N3O4S. The summed E-state index contributed by atoms with van der Waals surface area (Å²) in [6.45, 7) is 5.80. The van der Waals surface area contributed by atoms with E-state index in [1.54, 1.807) is 50.4 Å². The Morgan fingerprint density at radius 1 is 1.00 bits per heavy atom. The fourth-order valence-corrected chi connectivity index (χ4v) is 5.02. The van der Waals surface area contributed by atoms with Gasteiger partial charge in [0.1, 0.15) is 6.54 Å². The van der Waals surface area contributed by atoms with E-state index in [2.05, 4.69) is 5.32 Å². The standard InChI is InChI=1S/C29H34F3N3O4S/c1-19(2)35(28(37)33-24-9-7-6-8-23(24)29(30,31)32)18-27(36)34(17-22-12-10-20(3)40-22)15-14-21-11-13-25(38-4)26(16-21)39-5/h6-13,16,19H,14-15,17-18H2,1-5H3,(H,33,37). The Balaban J connectivity index is 1.79. The monoisotopic (exact) mass is 577 g/mol. The van der Waals surface area contributed by atoms with Crippen LogP contribution < -0.4 is 14.8 Å². The Morgan fingerprint density at radius 2 is 1.70 bits per heavy atom. The van der Waals surface area contributed by atoms with Gasteiger partial charge in [0.25, 0.3) is 0 Å². The average Bonchev–Trinajstić information content (AvgIpc) is 3.33. The molecule has 216 valence electrons. The second-order valence-electron chi connectivity index (χ2n) is 9.46. The van der Waals surface area contributed by atoms with Crippen LogP contribution in [-0.4, -0.2) is 55.1 Å². The molecule has 0 aliphatic rings. The van der Waals surface area contributed by atoms with Gasteiger partial charge in [0.15, 0.2) is 11.5 Å². The smallest absolute Gasteiger partial charge is 0.418 e. The fourth-order valence-electron chi connectivity index (χ4n) is 4.11. The predicted octanol–water partition coefficient (Wildman–Crippen LogP) is 6.61. The molecule has 0 spiro atoms. The van der Waals surface area contributed by atoms with Gasteiger partial charge in [-0.15, -0.1) is 11.3 Å². The van der Waals surface area contributed by atoms with E-state index in [4.69, 9.17) is 9.47 Å². The average molecular weight is 578 g/mol. The molecule has 3 aromatic rings. The molecule has 1 N–H and O–H groups in total. The zero-order chi connectivity index (χ0) is 29.4. The second-order valence-corrected chi connectivity index (χ2v) is 10.8. The zero-order valence-electron chi connectivity index (χ0n) is 23.2. The molecular weight excluding hydrogens is 543 g/mol.